The van der Waals surface area contributed by atoms with E-state index in [9.17, 15) is 4.79 Å². The summed E-state index contributed by atoms with van der Waals surface area (Å²) in [5, 5.41) is 0. The van der Waals surface area contributed by atoms with Crippen molar-refractivity contribution in [2.75, 3.05) is 13.2 Å². The summed E-state index contributed by atoms with van der Waals surface area (Å²) in [6, 6.07) is 15.7. The van der Waals surface area contributed by atoms with Crippen molar-refractivity contribution in [1.82, 2.24) is 14.0 Å². The summed E-state index contributed by atoms with van der Waals surface area (Å²) in [6.07, 6.45) is 5.89. The Morgan fingerprint density at radius 2 is 1.84 bits per heavy atom. The Bertz CT molecular complexity index is 1260. The van der Waals surface area contributed by atoms with Crippen LogP contribution in [0.25, 0.3) is 16.8 Å². The minimum Gasteiger partial charge on any atom is -0.440 e. The lowest BCUT2D eigenvalue weighted by Gasteiger charge is -2.19. The van der Waals surface area contributed by atoms with Gasteiger partial charge in [-0.25, -0.2) is 4.98 Å². The first-order valence-corrected chi connectivity index (χ1v) is 10.6. The standard InChI is InChI=1S/C25H25N3O3/c1-17-14-19(15-27(2)24(17)29)21-8-9-23-26-22(18-10-12-30-13-11-18)16-28(23)25(21)31-20-6-4-3-5-7-20/h3-9,14-16,18H,10-13H2,1-2H3. The summed E-state index contributed by atoms with van der Waals surface area (Å²) in [4.78, 5) is 17.1. The predicted molar refractivity (Wildman–Crippen MR) is 120 cm³/mol. The summed E-state index contributed by atoms with van der Waals surface area (Å²) in [7, 11) is 1.77. The SMILES string of the molecule is Cc1cc(-c2ccc3nc(C4CCOCC4)cn3c2Oc2ccccc2)cn(C)c1=O. The van der Waals surface area contributed by atoms with Gasteiger partial charge in [0.25, 0.3) is 5.56 Å². The van der Waals surface area contributed by atoms with Gasteiger partial charge >= 0.3 is 0 Å². The molecule has 1 aliphatic rings. The second-order valence-corrected chi connectivity index (χ2v) is 8.08. The number of fused-ring (bicyclic) bond motifs is 1. The molecule has 0 radical (unpaired) electrons. The van der Waals surface area contributed by atoms with Crippen molar-refractivity contribution in [2.24, 2.45) is 7.05 Å². The number of pyridine rings is 2. The van der Waals surface area contributed by atoms with Crippen molar-refractivity contribution >= 4 is 5.65 Å². The van der Waals surface area contributed by atoms with Crippen molar-refractivity contribution in [3.05, 3.63) is 82.5 Å². The van der Waals surface area contributed by atoms with Crippen LogP contribution in [0.15, 0.2) is 65.7 Å². The Kier molecular flexibility index (Phi) is 5.08. The summed E-state index contributed by atoms with van der Waals surface area (Å²) in [5.74, 6) is 1.83. The fourth-order valence-electron chi connectivity index (χ4n) is 4.19. The number of aryl methyl sites for hydroxylation is 2. The molecule has 0 unspecified atom stereocenters. The third-order valence-corrected chi connectivity index (χ3v) is 5.87. The highest BCUT2D eigenvalue weighted by Gasteiger charge is 2.21. The Balaban J connectivity index is 1.69. The van der Waals surface area contributed by atoms with Gasteiger partial charge in [-0.1, -0.05) is 18.2 Å². The van der Waals surface area contributed by atoms with Crippen LogP contribution in [0.4, 0.5) is 0 Å². The molecule has 1 saturated heterocycles. The highest BCUT2D eigenvalue weighted by atomic mass is 16.5. The average Bonchev–Trinajstić information content (AvgIpc) is 3.24. The van der Waals surface area contributed by atoms with E-state index in [2.05, 4.69) is 6.20 Å². The second kappa shape index (κ2) is 8.04. The zero-order chi connectivity index (χ0) is 21.4. The lowest BCUT2D eigenvalue weighted by molar-refractivity contribution is 0.0846. The van der Waals surface area contributed by atoms with Gasteiger partial charge in [-0.2, -0.15) is 0 Å². The van der Waals surface area contributed by atoms with Gasteiger partial charge in [-0.05, 0) is 50.1 Å². The van der Waals surface area contributed by atoms with E-state index in [1.54, 1.807) is 11.6 Å². The van der Waals surface area contributed by atoms with E-state index in [4.69, 9.17) is 14.5 Å². The van der Waals surface area contributed by atoms with Crippen LogP contribution in [0.2, 0.25) is 0 Å². The minimum atomic E-state index is -0.000194. The Morgan fingerprint density at radius 3 is 2.58 bits per heavy atom. The van der Waals surface area contributed by atoms with E-state index in [1.807, 2.05) is 66.1 Å². The fourth-order valence-corrected chi connectivity index (χ4v) is 4.19. The van der Waals surface area contributed by atoms with Crippen molar-refractivity contribution in [1.29, 1.82) is 0 Å². The number of aromatic nitrogens is 3. The van der Waals surface area contributed by atoms with Crippen molar-refractivity contribution < 1.29 is 9.47 Å². The van der Waals surface area contributed by atoms with E-state index < -0.39 is 0 Å². The molecule has 31 heavy (non-hydrogen) atoms. The lowest BCUT2D eigenvalue weighted by atomic mass is 9.97. The first-order valence-electron chi connectivity index (χ1n) is 10.6. The molecule has 158 valence electrons. The molecule has 1 fully saturated rings. The van der Waals surface area contributed by atoms with Crippen LogP contribution in [0.3, 0.4) is 0 Å². The molecule has 5 rings (SSSR count). The van der Waals surface area contributed by atoms with Gasteiger partial charge in [0.1, 0.15) is 11.4 Å². The van der Waals surface area contributed by atoms with Crippen molar-refractivity contribution in [3.63, 3.8) is 0 Å². The Labute approximate surface area is 180 Å². The molecule has 1 aromatic carbocycles. The fraction of sp³-hybridized carbons (Fsp3) is 0.280. The van der Waals surface area contributed by atoms with Crippen LogP contribution in [0.5, 0.6) is 11.6 Å². The monoisotopic (exact) mass is 415 g/mol. The van der Waals surface area contributed by atoms with Crippen LogP contribution in [-0.4, -0.2) is 27.2 Å². The zero-order valence-electron chi connectivity index (χ0n) is 17.7. The summed E-state index contributed by atoms with van der Waals surface area (Å²) < 4.78 is 15.6. The molecule has 4 aromatic rings. The van der Waals surface area contributed by atoms with Crippen LogP contribution in [0, 0.1) is 6.92 Å². The molecule has 6 heteroatoms. The maximum absolute atomic E-state index is 12.2. The van der Waals surface area contributed by atoms with Crippen molar-refractivity contribution in [3.8, 4) is 22.8 Å². The van der Waals surface area contributed by atoms with E-state index in [0.717, 1.165) is 54.3 Å². The van der Waals surface area contributed by atoms with Gasteiger partial charge in [-0.15, -0.1) is 0 Å². The number of rotatable bonds is 4. The maximum atomic E-state index is 12.2. The predicted octanol–water partition coefficient (Wildman–Crippen LogP) is 4.69. The number of imidazole rings is 1. The smallest absolute Gasteiger partial charge is 0.253 e. The van der Waals surface area contributed by atoms with Crippen molar-refractivity contribution in [2.45, 2.75) is 25.7 Å². The number of nitrogens with zero attached hydrogens (tertiary/aromatic N) is 3. The molecule has 0 aliphatic carbocycles. The van der Waals surface area contributed by atoms with Crippen LogP contribution >= 0.6 is 0 Å². The van der Waals surface area contributed by atoms with Crippen LogP contribution in [0.1, 0.15) is 30.0 Å². The summed E-state index contributed by atoms with van der Waals surface area (Å²) in [6.45, 7) is 3.38. The summed E-state index contributed by atoms with van der Waals surface area (Å²) >= 11 is 0. The number of ether oxygens (including phenoxy) is 2. The first-order chi connectivity index (χ1) is 15.1. The molecular weight excluding hydrogens is 390 g/mol. The lowest BCUT2D eigenvalue weighted by Crippen LogP contribution is -2.18. The summed E-state index contributed by atoms with van der Waals surface area (Å²) in [5.41, 5.74) is 4.44. The largest absolute Gasteiger partial charge is 0.440 e. The van der Waals surface area contributed by atoms with Gasteiger partial charge < -0.3 is 14.0 Å². The highest BCUT2D eigenvalue weighted by Crippen LogP contribution is 2.36. The second-order valence-electron chi connectivity index (χ2n) is 8.08. The van der Waals surface area contributed by atoms with Crippen LogP contribution < -0.4 is 10.3 Å². The quantitative estimate of drug-likeness (QED) is 0.485. The van der Waals surface area contributed by atoms with E-state index >= 15 is 0 Å². The number of hydrogen-bond acceptors (Lipinski definition) is 4. The highest BCUT2D eigenvalue weighted by molar-refractivity contribution is 5.72. The third kappa shape index (κ3) is 3.75. The van der Waals surface area contributed by atoms with Gasteiger partial charge in [0.2, 0.25) is 5.88 Å². The van der Waals surface area contributed by atoms with Gasteiger partial charge in [0.15, 0.2) is 0 Å². The normalized spacial score (nSPS) is 14.8. The third-order valence-electron chi connectivity index (χ3n) is 5.87. The molecule has 1 aliphatic heterocycles. The van der Waals surface area contributed by atoms with Gasteiger partial charge in [0.05, 0.1) is 5.69 Å². The molecule has 0 N–H and O–H groups in total. The molecule has 0 spiro atoms. The number of para-hydroxylation sites is 1. The molecule has 0 saturated carbocycles. The Hall–Kier alpha value is -3.38. The molecule has 0 atom stereocenters. The number of benzene rings is 1. The first kappa shape index (κ1) is 19.6. The molecule has 6 nitrogen and oxygen atoms in total. The molecule has 0 bridgehead atoms. The van der Waals surface area contributed by atoms with E-state index in [0.29, 0.717) is 17.4 Å². The number of hydrogen-bond donors (Lipinski definition) is 0. The molecule has 3 aromatic heterocycles. The minimum absolute atomic E-state index is 0.000194. The maximum Gasteiger partial charge on any atom is 0.253 e. The Morgan fingerprint density at radius 1 is 1.06 bits per heavy atom. The van der Waals surface area contributed by atoms with E-state index in [-0.39, 0.29) is 5.56 Å². The average molecular weight is 415 g/mol. The van der Waals surface area contributed by atoms with Crippen LogP contribution in [-0.2, 0) is 11.8 Å². The molecular formula is C25H25N3O3. The van der Waals surface area contributed by atoms with Gasteiger partial charge in [0, 0.05) is 55.3 Å². The molecule has 0 amide bonds. The zero-order valence-corrected chi connectivity index (χ0v) is 17.7. The van der Waals surface area contributed by atoms with Gasteiger partial charge in [-0.3, -0.25) is 9.20 Å². The topological polar surface area (TPSA) is 57.8 Å². The van der Waals surface area contributed by atoms with E-state index in [1.165, 1.54) is 0 Å². The molecule has 4 heterocycles.